The lowest BCUT2D eigenvalue weighted by molar-refractivity contribution is -0.122. The van der Waals surface area contributed by atoms with Gasteiger partial charge in [0.05, 0.1) is 0 Å². The molecule has 2 bridgehead atoms. The zero-order valence-electron chi connectivity index (χ0n) is 12.3. The van der Waals surface area contributed by atoms with Crippen molar-refractivity contribution in [1.29, 1.82) is 0 Å². The van der Waals surface area contributed by atoms with Crippen LogP contribution in [0.5, 0.6) is 0 Å². The predicted molar refractivity (Wildman–Crippen MR) is 74.3 cm³/mol. The monoisotopic (exact) mass is 252 g/mol. The third kappa shape index (κ3) is 2.07. The van der Waals surface area contributed by atoms with Gasteiger partial charge in [-0.2, -0.15) is 0 Å². The van der Waals surface area contributed by atoms with Crippen molar-refractivity contribution in [2.24, 2.45) is 16.7 Å². The van der Waals surface area contributed by atoms with E-state index in [9.17, 15) is 4.79 Å². The van der Waals surface area contributed by atoms with Gasteiger partial charge in [-0.3, -0.25) is 4.79 Å². The molecule has 0 aromatic heterocycles. The van der Waals surface area contributed by atoms with Crippen LogP contribution in [0.3, 0.4) is 0 Å². The van der Waals surface area contributed by atoms with Gasteiger partial charge in [0.2, 0.25) is 5.91 Å². The maximum atomic E-state index is 12.0. The fraction of sp³-hybridized carbons (Fsp3) is 0.933. The number of carbonyl (C=O) groups is 1. The Morgan fingerprint density at radius 3 is 2.56 bits per heavy atom. The Morgan fingerprint density at radius 1 is 1.33 bits per heavy atom. The molecule has 0 saturated heterocycles. The molecule has 2 saturated carbocycles. The first kappa shape index (κ1) is 13.9. The molecule has 0 aliphatic heterocycles. The molecule has 0 spiro atoms. The standard InChI is InChI=1S/C15H28N2O/c1-14(2)11-7-8-15(14,3)12(10-11)17-13(18)6-5-9-16-4/h11-12,16H,5-10H2,1-4H3,(H,17,18). The van der Waals surface area contributed by atoms with Crippen LogP contribution in [0.2, 0.25) is 0 Å². The van der Waals surface area contributed by atoms with Crippen LogP contribution in [0.4, 0.5) is 0 Å². The lowest BCUT2D eigenvalue weighted by Gasteiger charge is -2.39. The zero-order valence-corrected chi connectivity index (χ0v) is 12.3. The van der Waals surface area contributed by atoms with Gasteiger partial charge in [-0.25, -0.2) is 0 Å². The quantitative estimate of drug-likeness (QED) is 0.737. The summed E-state index contributed by atoms with van der Waals surface area (Å²) in [5, 5.41) is 6.38. The summed E-state index contributed by atoms with van der Waals surface area (Å²) in [6, 6.07) is 0.397. The van der Waals surface area contributed by atoms with Crippen LogP contribution in [0.15, 0.2) is 0 Å². The van der Waals surface area contributed by atoms with E-state index >= 15 is 0 Å². The van der Waals surface area contributed by atoms with E-state index in [4.69, 9.17) is 0 Å². The summed E-state index contributed by atoms with van der Waals surface area (Å²) in [5.41, 5.74) is 0.687. The molecule has 0 aromatic rings. The van der Waals surface area contributed by atoms with Gasteiger partial charge in [-0.05, 0) is 56.0 Å². The molecule has 18 heavy (non-hydrogen) atoms. The van der Waals surface area contributed by atoms with E-state index < -0.39 is 0 Å². The van der Waals surface area contributed by atoms with E-state index in [1.165, 1.54) is 19.3 Å². The SMILES string of the molecule is CNCCCC(=O)NC1CC2CCC1(C)C2(C)C. The van der Waals surface area contributed by atoms with Gasteiger partial charge in [0.1, 0.15) is 0 Å². The number of amides is 1. The molecular weight excluding hydrogens is 224 g/mol. The number of hydrogen-bond acceptors (Lipinski definition) is 2. The molecule has 2 aliphatic rings. The van der Waals surface area contributed by atoms with Crippen molar-refractivity contribution in [3.8, 4) is 0 Å². The second kappa shape index (κ2) is 4.84. The van der Waals surface area contributed by atoms with Crippen molar-refractivity contribution in [3.05, 3.63) is 0 Å². The second-order valence-electron chi connectivity index (χ2n) is 6.94. The minimum absolute atomic E-state index is 0.236. The fourth-order valence-electron chi connectivity index (χ4n) is 4.11. The maximum absolute atomic E-state index is 12.0. The average molecular weight is 252 g/mol. The first-order valence-electron chi connectivity index (χ1n) is 7.36. The predicted octanol–water partition coefficient (Wildman–Crippen LogP) is 2.32. The van der Waals surface area contributed by atoms with Crippen LogP contribution in [-0.4, -0.2) is 25.5 Å². The van der Waals surface area contributed by atoms with Crippen molar-refractivity contribution in [2.75, 3.05) is 13.6 Å². The van der Waals surface area contributed by atoms with Gasteiger partial charge in [-0.15, -0.1) is 0 Å². The van der Waals surface area contributed by atoms with E-state index in [0.717, 1.165) is 18.9 Å². The Bertz CT molecular complexity index is 326. The molecule has 2 rings (SSSR count). The lowest BCUT2D eigenvalue weighted by atomic mass is 9.69. The maximum Gasteiger partial charge on any atom is 0.220 e. The molecular formula is C15H28N2O. The molecule has 3 unspecified atom stereocenters. The summed E-state index contributed by atoms with van der Waals surface area (Å²) in [4.78, 5) is 12.0. The highest BCUT2D eigenvalue weighted by atomic mass is 16.1. The summed E-state index contributed by atoms with van der Waals surface area (Å²) in [6.45, 7) is 8.07. The molecule has 3 nitrogen and oxygen atoms in total. The van der Waals surface area contributed by atoms with Gasteiger partial charge in [0.15, 0.2) is 0 Å². The van der Waals surface area contributed by atoms with Crippen LogP contribution in [-0.2, 0) is 4.79 Å². The van der Waals surface area contributed by atoms with E-state index in [0.29, 0.717) is 23.3 Å². The van der Waals surface area contributed by atoms with Crippen molar-refractivity contribution in [1.82, 2.24) is 10.6 Å². The third-order valence-corrected chi connectivity index (χ3v) is 5.96. The molecule has 3 atom stereocenters. The molecule has 3 heteroatoms. The van der Waals surface area contributed by atoms with Crippen LogP contribution in [0.25, 0.3) is 0 Å². The zero-order chi connectivity index (χ0) is 13.4. The molecule has 2 aliphatic carbocycles. The van der Waals surface area contributed by atoms with Crippen LogP contribution >= 0.6 is 0 Å². The molecule has 0 radical (unpaired) electrons. The van der Waals surface area contributed by atoms with Crippen molar-refractivity contribution >= 4 is 5.91 Å². The molecule has 0 aromatic carbocycles. The first-order valence-corrected chi connectivity index (χ1v) is 7.36. The van der Waals surface area contributed by atoms with Gasteiger partial charge >= 0.3 is 0 Å². The van der Waals surface area contributed by atoms with Crippen LogP contribution < -0.4 is 10.6 Å². The molecule has 104 valence electrons. The Hall–Kier alpha value is -0.570. The van der Waals surface area contributed by atoms with E-state index in [1.807, 2.05) is 7.05 Å². The first-order chi connectivity index (χ1) is 8.41. The van der Waals surface area contributed by atoms with E-state index in [2.05, 4.69) is 31.4 Å². The topological polar surface area (TPSA) is 41.1 Å². The molecule has 2 N–H and O–H groups in total. The molecule has 2 fully saturated rings. The largest absolute Gasteiger partial charge is 0.353 e. The summed E-state index contributed by atoms with van der Waals surface area (Å²) in [7, 11) is 1.93. The van der Waals surface area contributed by atoms with Gasteiger partial charge in [0, 0.05) is 12.5 Å². The Labute approximate surface area is 111 Å². The number of carbonyl (C=O) groups excluding carboxylic acids is 1. The van der Waals surface area contributed by atoms with Gasteiger partial charge in [-0.1, -0.05) is 20.8 Å². The highest BCUT2D eigenvalue weighted by molar-refractivity contribution is 5.76. The lowest BCUT2D eigenvalue weighted by Crippen LogP contribution is -2.46. The minimum Gasteiger partial charge on any atom is -0.353 e. The Kier molecular flexibility index (Phi) is 3.72. The third-order valence-electron chi connectivity index (χ3n) is 5.96. The van der Waals surface area contributed by atoms with Crippen molar-refractivity contribution < 1.29 is 4.79 Å². The normalized spacial score (nSPS) is 36.9. The highest BCUT2D eigenvalue weighted by Crippen LogP contribution is 2.65. The van der Waals surface area contributed by atoms with Crippen LogP contribution in [0, 0.1) is 16.7 Å². The van der Waals surface area contributed by atoms with Crippen LogP contribution in [0.1, 0.15) is 52.9 Å². The van der Waals surface area contributed by atoms with E-state index in [-0.39, 0.29) is 5.91 Å². The number of fused-ring (bicyclic) bond motifs is 2. The Balaban J connectivity index is 1.90. The number of rotatable bonds is 5. The fourth-order valence-corrected chi connectivity index (χ4v) is 4.11. The number of hydrogen-bond donors (Lipinski definition) is 2. The van der Waals surface area contributed by atoms with E-state index in [1.54, 1.807) is 0 Å². The minimum atomic E-state index is 0.236. The highest BCUT2D eigenvalue weighted by Gasteiger charge is 2.61. The summed E-state index contributed by atoms with van der Waals surface area (Å²) < 4.78 is 0. The van der Waals surface area contributed by atoms with Gasteiger partial charge < -0.3 is 10.6 Å². The second-order valence-corrected chi connectivity index (χ2v) is 6.94. The van der Waals surface area contributed by atoms with Crippen molar-refractivity contribution in [2.45, 2.75) is 58.9 Å². The summed E-state index contributed by atoms with van der Waals surface area (Å²) >= 11 is 0. The number of nitrogens with one attached hydrogen (secondary N) is 2. The Morgan fingerprint density at radius 2 is 2.06 bits per heavy atom. The smallest absolute Gasteiger partial charge is 0.220 e. The van der Waals surface area contributed by atoms with Crippen molar-refractivity contribution in [3.63, 3.8) is 0 Å². The molecule has 0 heterocycles. The summed E-state index contributed by atoms with van der Waals surface area (Å²) in [6.07, 6.45) is 5.38. The average Bonchev–Trinajstić information content (AvgIpc) is 2.62. The van der Waals surface area contributed by atoms with Gasteiger partial charge in [0.25, 0.3) is 0 Å². The molecule has 1 amide bonds. The summed E-state index contributed by atoms with van der Waals surface area (Å²) in [5.74, 6) is 1.03.